The van der Waals surface area contributed by atoms with E-state index in [-0.39, 0.29) is 24.7 Å². The first-order valence-electron chi connectivity index (χ1n) is 9.10. The first-order valence-corrected chi connectivity index (χ1v) is 9.10. The summed E-state index contributed by atoms with van der Waals surface area (Å²) in [6.07, 6.45) is 4.59. The van der Waals surface area contributed by atoms with Gasteiger partial charge in [0, 0.05) is 0 Å². The summed E-state index contributed by atoms with van der Waals surface area (Å²) in [6.45, 7) is -0.120. The molecular formula is C21H24N2O2. The molecule has 0 saturated carbocycles. The molecule has 2 aromatic rings. The first kappa shape index (κ1) is 16.2. The second-order valence-electron chi connectivity index (χ2n) is 7.06. The molecular weight excluding hydrogens is 312 g/mol. The molecule has 0 spiro atoms. The number of aliphatic hydroxyl groups excluding tert-OH is 1. The summed E-state index contributed by atoms with van der Waals surface area (Å²) in [4.78, 5) is 12.5. The molecule has 0 bridgehead atoms. The zero-order valence-corrected chi connectivity index (χ0v) is 14.2. The summed E-state index contributed by atoms with van der Waals surface area (Å²) in [6, 6.07) is 15.5. The van der Waals surface area contributed by atoms with Crippen LogP contribution in [0.5, 0.6) is 0 Å². The van der Waals surface area contributed by atoms with E-state index in [1.165, 1.54) is 29.5 Å². The normalized spacial score (nSPS) is 22.1. The molecule has 2 aromatic carbocycles. The van der Waals surface area contributed by atoms with Crippen molar-refractivity contribution in [3.05, 3.63) is 70.8 Å². The van der Waals surface area contributed by atoms with Gasteiger partial charge in [0.2, 0.25) is 0 Å². The van der Waals surface area contributed by atoms with Gasteiger partial charge in [-0.1, -0.05) is 48.5 Å². The summed E-state index contributed by atoms with van der Waals surface area (Å²) in [5, 5.41) is 15.7. The quantitative estimate of drug-likeness (QED) is 0.799. The van der Waals surface area contributed by atoms with Crippen LogP contribution in [0.4, 0.5) is 4.79 Å². The molecule has 4 rings (SSSR count). The topological polar surface area (TPSA) is 61.4 Å². The predicted molar refractivity (Wildman–Crippen MR) is 97.4 cm³/mol. The standard InChI is InChI=1S/C21H24N2O2/c24-13-19(14-6-2-1-3-7-14)23-21(25)22-18-12-16-10-4-8-15-9-5-11-17(18)20(15)16/h1-3,5-7,9,11,16,18-19,24H,4,8,10,12-13H2,(H2,22,23,25). The summed E-state index contributed by atoms with van der Waals surface area (Å²) >= 11 is 0. The fourth-order valence-electron chi connectivity index (χ4n) is 4.40. The van der Waals surface area contributed by atoms with Crippen molar-refractivity contribution in [2.24, 2.45) is 0 Å². The monoisotopic (exact) mass is 336 g/mol. The lowest BCUT2D eigenvalue weighted by Gasteiger charge is -2.20. The number of carbonyl (C=O) groups excluding carboxylic acids is 1. The zero-order valence-electron chi connectivity index (χ0n) is 14.2. The van der Waals surface area contributed by atoms with Crippen molar-refractivity contribution in [1.82, 2.24) is 10.6 Å². The summed E-state index contributed by atoms with van der Waals surface area (Å²) in [7, 11) is 0. The van der Waals surface area contributed by atoms with E-state index in [0.29, 0.717) is 5.92 Å². The van der Waals surface area contributed by atoms with Crippen molar-refractivity contribution in [3.8, 4) is 0 Å². The van der Waals surface area contributed by atoms with Crippen LogP contribution in [0.15, 0.2) is 48.5 Å². The van der Waals surface area contributed by atoms with E-state index in [1.54, 1.807) is 0 Å². The smallest absolute Gasteiger partial charge is 0.315 e. The highest BCUT2D eigenvalue weighted by Gasteiger charge is 2.35. The molecule has 0 radical (unpaired) electrons. The Morgan fingerprint density at radius 3 is 2.80 bits per heavy atom. The highest BCUT2D eigenvalue weighted by molar-refractivity contribution is 5.75. The van der Waals surface area contributed by atoms with Crippen LogP contribution in [0, 0.1) is 0 Å². The Labute approximate surface area is 148 Å². The molecule has 0 heterocycles. The number of hydrogen-bond donors (Lipinski definition) is 3. The van der Waals surface area contributed by atoms with Gasteiger partial charge in [-0.2, -0.15) is 0 Å². The molecule has 3 unspecified atom stereocenters. The highest BCUT2D eigenvalue weighted by atomic mass is 16.3. The summed E-state index contributed by atoms with van der Waals surface area (Å²) in [5.41, 5.74) is 5.11. The average Bonchev–Trinajstić information content (AvgIpc) is 3.00. The molecule has 0 aromatic heterocycles. The van der Waals surface area contributed by atoms with E-state index < -0.39 is 0 Å². The third kappa shape index (κ3) is 3.14. The maximum Gasteiger partial charge on any atom is 0.315 e. The molecule has 0 saturated heterocycles. The Morgan fingerprint density at radius 2 is 2.00 bits per heavy atom. The maximum atomic E-state index is 12.5. The third-order valence-corrected chi connectivity index (χ3v) is 5.53. The van der Waals surface area contributed by atoms with Gasteiger partial charge in [0.05, 0.1) is 18.7 Å². The van der Waals surface area contributed by atoms with Crippen molar-refractivity contribution < 1.29 is 9.90 Å². The Bertz CT molecular complexity index is 760. The van der Waals surface area contributed by atoms with Gasteiger partial charge in [-0.05, 0) is 53.9 Å². The van der Waals surface area contributed by atoms with Gasteiger partial charge in [-0.15, -0.1) is 0 Å². The largest absolute Gasteiger partial charge is 0.394 e. The average molecular weight is 336 g/mol. The zero-order chi connectivity index (χ0) is 17.2. The molecule has 0 aliphatic heterocycles. The molecule has 130 valence electrons. The predicted octanol–water partition coefficient (Wildman–Crippen LogP) is 3.58. The minimum absolute atomic E-state index is 0.0631. The molecule has 2 aliphatic carbocycles. The number of carbonyl (C=O) groups is 1. The van der Waals surface area contributed by atoms with Crippen LogP contribution in [-0.2, 0) is 6.42 Å². The number of amides is 2. The van der Waals surface area contributed by atoms with Crippen LogP contribution in [-0.4, -0.2) is 17.7 Å². The van der Waals surface area contributed by atoms with E-state index in [0.717, 1.165) is 18.4 Å². The molecule has 3 atom stereocenters. The van der Waals surface area contributed by atoms with Crippen molar-refractivity contribution in [3.63, 3.8) is 0 Å². The van der Waals surface area contributed by atoms with Gasteiger partial charge in [-0.3, -0.25) is 0 Å². The van der Waals surface area contributed by atoms with Gasteiger partial charge in [-0.25, -0.2) is 4.79 Å². The second-order valence-corrected chi connectivity index (χ2v) is 7.06. The number of hydrogen-bond acceptors (Lipinski definition) is 2. The molecule has 2 aliphatic rings. The Morgan fingerprint density at radius 1 is 1.16 bits per heavy atom. The van der Waals surface area contributed by atoms with Crippen LogP contribution in [0.25, 0.3) is 0 Å². The molecule has 25 heavy (non-hydrogen) atoms. The fraction of sp³-hybridized carbons (Fsp3) is 0.381. The lowest BCUT2D eigenvalue weighted by molar-refractivity contribution is 0.213. The van der Waals surface area contributed by atoms with Gasteiger partial charge < -0.3 is 15.7 Å². The fourth-order valence-corrected chi connectivity index (χ4v) is 4.40. The highest BCUT2D eigenvalue weighted by Crippen LogP contribution is 2.47. The number of aryl methyl sites for hydroxylation is 1. The van der Waals surface area contributed by atoms with Crippen molar-refractivity contribution in [2.45, 2.75) is 43.7 Å². The lowest BCUT2D eigenvalue weighted by Crippen LogP contribution is -2.40. The van der Waals surface area contributed by atoms with Gasteiger partial charge in [0.15, 0.2) is 0 Å². The maximum absolute atomic E-state index is 12.5. The first-order chi connectivity index (χ1) is 12.3. The third-order valence-electron chi connectivity index (χ3n) is 5.53. The Balaban J connectivity index is 1.47. The summed E-state index contributed by atoms with van der Waals surface area (Å²) in [5.74, 6) is 0.577. The van der Waals surface area contributed by atoms with Crippen LogP contribution >= 0.6 is 0 Å². The Kier molecular flexibility index (Phi) is 4.45. The van der Waals surface area contributed by atoms with Crippen molar-refractivity contribution >= 4 is 6.03 Å². The van der Waals surface area contributed by atoms with Gasteiger partial charge in [0.25, 0.3) is 0 Å². The van der Waals surface area contributed by atoms with Crippen LogP contribution in [0.2, 0.25) is 0 Å². The molecule has 4 heteroatoms. The molecule has 2 amide bonds. The van der Waals surface area contributed by atoms with E-state index in [2.05, 4.69) is 28.8 Å². The molecule has 3 N–H and O–H groups in total. The number of rotatable bonds is 4. The lowest BCUT2D eigenvalue weighted by atomic mass is 9.84. The Hall–Kier alpha value is -2.33. The number of aliphatic hydroxyl groups is 1. The van der Waals surface area contributed by atoms with Crippen molar-refractivity contribution in [2.75, 3.05) is 6.61 Å². The molecule has 0 fully saturated rings. The number of urea groups is 1. The van der Waals surface area contributed by atoms with Crippen LogP contribution in [0.3, 0.4) is 0 Å². The van der Waals surface area contributed by atoms with Crippen molar-refractivity contribution in [1.29, 1.82) is 0 Å². The molecule has 4 nitrogen and oxygen atoms in total. The number of benzene rings is 2. The van der Waals surface area contributed by atoms with Crippen LogP contribution in [0.1, 0.15) is 59.5 Å². The minimum Gasteiger partial charge on any atom is -0.394 e. The van der Waals surface area contributed by atoms with E-state index in [4.69, 9.17) is 0 Å². The van der Waals surface area contributed by atoms with E-state index in [1.807, 2.05) is 30.3 Å². The van der Waals surface area contributed by atoms with Gasteiger partial charge in [0.1, 0.15) is 0 Å². The summed E-state index contributed by atoms with van der Waals surface area (Å²) < 4.78 is 0. The van der Waals surface area contributed by atoms with E-state index >= 15 is 0 Å². The number of nitrogens with one attached hydrogen (secondary N) is 2. The van der Waals surface area contributed by atoms with E-state index in [9.17, 15) is 9.90 Å². The van der Waals surface area contributed by atoms with Crippen LogP contribution < -0.4 is 10.6 Å². The second kappa shape index (κ2) is 6.89. The minimum atomic E-state index is -0.389. The van der Waals surface area contributed by atoms with Gasteiger partial charge >= 0.3 is 6.03 Å². The SMILES string of the molecule is O=C(NC(CO)c1ccccc1)NC1CC2CCCc3cccc1c32.